The van der Waals surface area contributed by atoms with Gasteiger partial charge in [-0.05, 0) is 73.0 Å². The van der Waals surface area contributed by atoms with E-state index in [1.807, 2.05) is 57.2 Å². The van der Waals surface area contributed by atoms with E-state index in [9.17, 15) is 14.4 Å². The lowest BCUT2D eigenvalue weighted by atomic mass is 10.1. The zero-order chi connectivity index (χ0) is 19.6. The molecule has 1 saturated heterocycles. The lowest BCUT2D eigenvalue weighted by Crippen LogP contribution is -2.36. The van der Waals surface area contributed by atoms with Crippen molar-refractivity contribution in [1.29, 1.82) is 0 Å². The first-order valence-corrected chi connectivity index (χ1v) is 9.35. The Morgan fingerprint density at radius 3 is 2.48 bits per heavy atom. The van der Waals surface area contributed by atoms with Gasteiger partial charge in [-0.15, -0.1) is 0 Å². The molecule has 3 amide bonds. The zero-order valence-corrected chi connectivity index (χ0v) is 16.2. The van der Waals surface area contributed by atoms with E-state index in [1.54, 1.807) is 12.1 Å². The van der Waals surface area contributed by atoms with Crippen molar-refractivity contribution in [2.75, 3.05) is 11.9 Å². The summed E-state index contributed by atoms with van der Waals surface area (Å²) in [5, 5.41) is 2.30. The Labute approximate surface area is 162 Å². The maximum atomic E-state index is 12.6. The molecule has 1 heterocycles. The number of carbonyl (C=O) groups is 3. The number of thioether (sulfide) groups is 1. The van der Waals surface area contributed by atoms with Crippen LogP contribution in [0.15, 0.2) is 47.4 Å². The number of hydrogen-bond donors (Lipinski definition) is 1. The number of benzene rings is 2. The van der Waals surface area contributed by atoms with Gasteiger partial charge in [0.15, 0.2) is 0 Å². The SMILES string of the molecule is Cc1ccc(NC(=O)CN2C(=O)S/C(=C/c3ccccc3C)C2=O)cc1C. The van der Waals surface area contributed by atoms with Gasteiger partial charge in [0.05, 0.1) is 4.91 Å². The summed E-state index contributed by atoms with van der Waals surface area (Å²) < 4.78 is 0. The first-order chi connectivity index (χ1) is 12.8. The van der Waals surface area contributed by atoms with Crippen LogP contribution in [0.5, 0.6) is 0 Å². The van der Waals surface area contributed by atoms with Gasteiger partial charge in [0, 0.05) is 5.69 Å². The Kier molecular flexibility index (Phi) is 5.46. The number of aryl methyl sites for hydroxylation is 3. The van der Waals surface area contributed by atoms with E-state index in [0.717, 1.165) is 38.9 Å². The molecule has 1 aliphatic heterocycles. The van der Waals surface area contributed by atoms with Crippen LogP contribution >= 0.6 is 11.8 Å². The summed E-state index contributed by atoms with van der Waals surface area (Å²) >= 11 is 0.857. The molecule has 0 unspecified atom stereocenters. The summed E-state index contributed by atoms with van der Waals surface area (Å²) in [6, 6.07) is 13.2. The average Bonchev–Trinajstić information content (AvgIpc) is 2.88. The molecule has 6 heteroatoms. The number of amides is 3. The van der Waals surface area contributed by atoms with Crippen molar-refractivity contribution >= 4 is 40.6 Å². The van der Waals surface area contributed by atoms with Gasteiger partial charge in [-0.2, -0.15) is 0 Å². The van der Waals surface area contributed by atoms with Crippen LogP contribution in [-0.2, 0) is 9.59 Å². The fraction of sp³-hybridized carbons (Fsp3) is 0.190. The lowest BCUT2D eigenvalue weighted by Gasteiger charge is -2.13. The smallest absolute Gasteiger partial charge is 0.294 e. The standard InChI is InChI=1S/C21H20N2O3S/c1-13-8-9-17(10-15(13)3)22-19(24)12-23-20(25)18(27-21(23)26)11-16-7-5-4-6-14(16)2/h4-11H,12H2,1-3H3,(H,22,24)/b18-11+. The molecule has 2 aromatic rings. The predicted molar refractivity (Wildman–Crippen MR) is 108 cm³/mol. The first kappa shape index (κ1) is 18.9. The molecular formula is C21H20N2O3S. The second-order valence-electron chi connectivity index (χ2n) is 6.47. The highest BCUT2D eigenvalue weighted by molar-refractivity contribution is 8.18. The Balaban J connectivity index is 1.71. The Bertz CT molecular complexity index is 966. The van der Waals surface area contributed by atoms with Gasteiger partial charge in [0.1, 0.15) is 6.54 Å². The normalized spacial score (nSPS) is 15.5. The lowest BCUT2D eigenvalue weighted by molar-refractivity contribution is -0.127. The number of nitrogens with zero attached hydrogens (tertiary/aromatic N) is 1. The number of imide groups is 1. The van der Waals surface area contributed by atoms with Crippen molar-refractivity contribution in [3.63, 3.8) is 0 Å². The number of hydrogen-bond acceptors (Lipinski definition) is 4. The highest BCUT2D eigenvalue weighted by atomic mass is 32.2. The third-order valence-corrected chi connectivity index (χ3v) is 5.35. The van der Waals surface area contributed by atoms with Gasteiger partial charge < -0.3 is 5.32 Å². The van der Waals surface area contributed by atoms with E-state index in [4.69, 9.17) is 0 Å². The molecule has 0 atom stereocenters. The average molecular weight is 380 g/mol. The van der Waals surface area contributed by atoms with E-state index in [0.29, 0.717) is 10.6 Å². The van der Waals surface area contributed by atoms with Crippen molar-refractivity contribution in [2.45, 2.75) is 20.8 Å². The summed E-state index contributed by atoms with van der Waals surface area (Å²) in [6.45, 7) is 5.58. The van der Waals surface area contributed by atoms with Crippen LogP contribution in [0.25, 0.3) is 6.08 Å². The number of anilines is 1. The summed E-state index contributed by atoms with van der Waals surface area (Å²) in [7, 11) is 0. The molecule has 3 rings (SSSR count). The Hall–Kier alpha value is -2.86. The second kappa shape index (κ2) is 7.80. The van der Waals surface area contributed by atoms with Crippen LogP contribution in [0.1, 0.15) is 22.3 Å². The molecule has 1 N–H and O–H groups in total. The van der Waals surface area contributed by atoms with Crippen LogP contribution in [0.4, 0.5) is 10.5 Å². The third kappa shape index (κ3) is 4.28. The van der Waals surface area contributed by atoms with Gasteiger partial charge in [0.25, 0.3) is 11.1 Å². The largest absolute Gasteiger partial charge is 0.325 e. The fourth-order valence-electron chi connectivity index (χ4n) is 2.69. The summed E-state index contributed by atoms with van der Waals surface area (Å²) in [4.78, 5) is 38.4. The van der Waals surface area contributed by atoms with Gasteiger partial charge in [0.2, 0.25) is 5.91 Å². The summed E-state index contributed by atoms with van der Waals surface area (Å²) in [6.07, 6.45) is 1.70. The molecule has 2 aromatic carbocycles. The number of nitrogens with one attached hydrogen (secondary N) is 1. The second-order valence-corrected chi connectivity index (χ2v) is 7.46. The van der Waals surface area contributed by atoms with Crippen molar-refractivity contribution in [3.8, 4) is 0 Å². The predicted octanol–water partition coefficient (Wildman–Crippen LogP) is 4.29. The molecule has 0 aliphatic carbocycles. The zero-order valence-electron chi connectivity index (χ0n) is 15.4. The minimum atomic E-state index is -0.441. The number of rotatable bonds is 4. The summed E-state index contributed by atoms with van der Waals surface area (Å²) in [5.41, 5.74) is 4.71. The van der Waals surface area contributed by atoms with Crippen molar-refractivity contribution in [2.24, 2.45) is 0 Å². The molecule has 0 bridgehead atoms. The molecule has 0 radical (unpaired) electrons. The molecule has 138 valence electrons. The van der Waals surface area contributed by atoms with Gasteiger partial charge in [-0.1, -0.05) is 30.3 Å². The molecule has 1 aliphatic rings. The third-order valence-electron chi connectivity index (χ3n) is 4.44. The summed E-state index contributed by atoms with van der Waals surface area (Å²) in [5.74, 6) is -0.846. The van der Waals surface area contributed by atoms with Crippen molar-refractivity contribution in [3.05, 3.63) is 69.6 Å². The molecule has 1 fully saturated rings. The minimum Gasteiger partial charge on any atom is -0.325 e. The minimum absolute atomic E-state index is 0.303. The van der Waals surface area contributed by atoms with E-state index >= 15 is 0 Å². The fourth-order valence-corrected chi connectivity index (χ4v) is 3.52. The van der Waals surface area contributed by atoms with E-state index in [2.05, 4.69) is 5.32 Å². The van der Waals surface area contributed by atoms with Crippen LogP contribution in [-0.4, -0.2) is 28.5 Å². The maximum absolute atomic E-state index is 12.6. The molecule has 27 heavy (non-hydrogen) atoms. The van der Waals surface area contributed by atoms with Crippen molar-refractivity contribution in [1.82, 2.24) is 4.90 Å². The monoisotopic (exact) mass is 380 g/mol. The van der Waals surface area contributed by atoms with E-state index in [-0.39, 0.29) is 6.54 Å². The Morgan fingerprint density at radius 2 is 1.78 bits per heavy atom. The molecule has 0 spiro atoms. The molecule has 0 saturated carbocycles. The molecular weight excluding hydrogens is 360 g/mol. The highest BCUT2D eigenvalue weighted by Crippen LogP contribution is 2.32. The number of carbonyl (C=O) groups excluding carboxylic acids is 3. The van der Waals surface area contributed by atoms with Crippen LogP contribution < -0.4 is 5.32 Å². The van der Waals surface area contributed by atoms with Gasteiger partial charge >= 0.3 is 0 Å². The van der Waals surface area contributed by atoms with Crippen molar-refractivity contribution < 1.29 is 14.4 Å². The van der Waals surface area contributed by atoms with Crippen LogP contribution in [0.3, 0.4) is 0 Å². The van der Waals surface area contributed by atoms with E-state index in [1.165, 1.54) is 0 Å². The quantitative estimate of drug-likeness (QED) is 0.804. The van der Waals surface area contributed by atoms with Crippen LogP contribution in [0.2, 0.25) is 0 Å². The highest BCUT2D eigenvalue weighted by Gasteiger charge is 2.36. The van der Waals surface area contributed by atoms with Gasteiger partial charge in [-0.3, -0.25) is 19.3 Å². The van der Waals surface area contributed by atoms with Gasteiger partial charge in [-0.25, -0.2) is 0 Å². The topological polar surface area (TPSA) is 66.5 Å². The first-order valence-electron chi connectivity index (χ1n) is 8.53. The maximum Gasteiger partial charge on any atom is 0.294 e. The molecule has 5 nitrogen and oxygen atoms in total. The molecule has 0 aromatic heterocycles. The Morgan fingerprint density at radius 1 is 1.04 bits per heavy atom. The van der Waals surface area contributed by atoms with Crippen LogP contribution in [0, 0.1) is 20.8 Å². The van der Waals surface area contributed by atoms with E-state index < -0.39 is 17.1 Å².